The number of hydrogen-bond donors (Lipinski definition) is 2. The molecule has 0 spiro atoms. The summed E-state index contributed by atoms with van der Waals surface area (Å²) in [4.78, 5) is 4.89. The summed E-state index contributed by atoms with van der Waals surface area (Å²) in [6.45, 7) is 2.03. The van der Waals surface area contributed by atoms with Gasteiger partial charge in [0.2, 0.25) is 11.0 Å². The molecular formula is C8H12F3N5S. The molecule has 0 amide bonds. The molecule has 3 N–H and O–H groups in total. The zero-order valence-corrected chi connectivity index (χ0v) is 10.1. The van der Waals surface area contributed by atoms with Gasteiger partial charge in [-0.15, -0.1) is 0 Å². The van der Waals surface area contributed by atoms with Crippen LogP contribution in [-0.2, 0) is 6.18 Å². The first-order valence-corrected chi connectivity index (χ1v) is 5.45. The Morgan fingerprint density at radius 1 is 1.59 bits per heavy atom. The Kier molecular flexibility index (Phi) is 3.91. The molecule has 9 heteroatoms. The second-order valence-corrected chi connectivity index (χ2v) is 4.37. The van der Waals surface area contributed by atoms with Crippen molar-refractivity contribution < 1.29 is 13.2 Å². The quantitative estimate of drug-likeness (QED) is 0.641. The van der Waals surface area contributed by atoms with Crippen molar-refractivity contribution in [3.05, 3.63) is 5.82 Å². The number of nitrogens with two attached hydrogens (primary N) is 1. The van der Waals surface area contributed by atoms with Crippen LogP contribution in [0.1, 0.15) is 12.7 Å². The van der Waals surface area contributed by atoms with E-state index in [-0.39, 0.29) is 16.9 Å². The van der Waals surface area contributed by atoms with E-state index in [1.807, 2.05) is 0 Å². The largest absolute Gasteiger partial charge is 0.452 e. The third-order valence-corrected chi connectivity index (χ3v) is 2.90. The monoisotopic (exact) mass is 267 g/mol. The number of alkyl halides is 3. The molecule has 1 aromatic rings. The number of anilines is 1. The van der Waals surface area contributed by atoms with Gasteiger partial charge in [-0.2, -0.15) is 22.5 Å². The van der Waals surface area contributed by atoms with Crippen LogP contribution in [0.2, 0.25) is 0 Å². The van der Waals surface area contributed by atoms with E-state index in [2.05, 4.69) is 9.36 Å². The Bertz CT molecular complexity index is 402. The zero-order chi connectivity index (χ0) is 13.2. The fourth-order valence-corrected chi connectivity index (χ4v) is 1.73. The Hall–Kier alpha value is -1.38. The highest BCUT2D eigenvalue weighted by atomic mass is 32.1. The average Bonchev–Trinajstić information content (AvgIpc) is 2.65. The number of nitrogens with zero attached hydrogens (tertiary/aromatic N) is 3. The first kappa shape index (κ1) is 13.7. The maximum Gasteiger partial charge on any atom is 0.452 e. The Labute approximate surface area is 100 Å². The number of halogens is 3. The minimum Gasteiger partial charge on any atom is -0.387 e. The number of amidine groups is 1. The summed E-state index contributed by atoms with van der Waals surface area (Å²) >= 11 is 0.672. The average molecular weight is 267 g/mol. The molecule has 0 saturated carbocycles. The van der Waals surface area contributed by atoms with Gasteiger partial charge >= 0.3 is 6.18 Å². The van der Waals surface area contributed by atoms with Crippen molar-refractivity contribution in [2.24, 2.45) is 11.7 Å². The molecule has 0 bridgehead atoms. The summed E-state index contributed by atoms with van der Waals surface area (Å²) < 4.78 is 40.0. The van der Waals surface area contributed by atoms with Crippen LogP contribution in [0, 0.1) is 11.3 Å². The van der Waals surface area contributed by atoms with Crippen molar-refractivity contribution in [1.82, 2.24) is 9.36 Å². The molecule has 0 aliphatic rings. The maximum absolute atomic E-state index is 12.3. The van der Waals surface area contributed by atoms with E-state index in [0.717, 1.165) is 0 Å². The van der Waals surface area contributed by atoms with E-state index >= 15 is 0 Å². The van der Waals surface area contributed by atoms with Crippen molar-refractivity contribution in [3.8, 4) is 0 Å². The SMILES string of the molecule is CC(CN(C)c1nc(C(F)(F)F)ns1)C(=N)N. The van der Waals surface area contributed by atoms with E-state index in [1.165, 1.54) is 4.90 Å². The van der Waals surface area contributed by atoms with Gasteiger partial charge in [-0.3, -0.25) is 5.41 Å². The minimum atomic E-state index is -4.53. The summed E-state index contributed by atoms with van der Waals surface area (Å²) in [7, 11) is 1.58. The van der Waals surface area contributed by atoms with E-state index < -0.39 is 12.0 Å². The highest BCUT2D eigenvalue weighted by Gasteiger charge is 2.36. The maximum atomic E-state index is 12.3. The number of rotatable bonds is 4. The standard InChI is InChI=1S/C8H12F3N5S/c1-4(5(12)13)3-16(2)7-14-6(15-17-7)8(9,10)11/h4H,3H2,1-2H3,(H3,12,13). The number of hydrogen-bond acceptors (Lipinski definition) is 5. The fraction of sp³-hybridized carbons (Fsp3) is 0.625. The second-order valence-electron chi connectivity index (χ2n) is 3.64. The van der Waals surface area contributed by atoms with Crippen LogP contribution >= 0.6 is 11.5 Å². The lowest BCUT2D eigenvalue weighted by Gasteiger charge is -2.19. The lowest BCUT2D eigenvalue weighted by atomic mass is 10.1. The topological polar surface area (TPSA) is 78.9 Å². The summed E-state index contributed by atoms with van der Waals surface area (Å²) in [6.07, 6.45) is -4.53. The highest BCUT2D eigenvalue weighted by Crippen LogP contribution is 2.30. The van der Waals surface area contributed by atoms with Gasteiger partial charge in [0.15, 0.2) is 0 Å². The van der Waals surface area contributed by atoms with Gasteiger partial charge in [0.05, 0.1) is 5.84 Å². The molecule has 0 saturated heterocycles. The molecule has 1 aromatic heterocycles. The summed E-state index contributed by atoms with van der Waals surface area (Å²) in [5.74, 6) is -1.41. The van der Waals surface area contributed by atoms with Crippen LogP contribution in [0.3, 0.4) is 0 Å². The van der Waals surface area contributed by atoms with Crippen molar-refractivity contribution in [1.29, 1.82) is 5.41 Å². The smallest absolute Gasteiger partial charge is 0.387 e. The normalized spacial score (nSPS) is 13.5. The molecule has 1 atom stereocenters. The molecule has 1 rings (SSSR count). The van der Waals surface area contributed by atoms with Gasteiger partial charge in [-0.25, -0.2) is 0 Å². The molecule has 0 aliphatic carbocycles. The van der Waals surface area contributed by atoms with Crippen LogP contribution in [0.5, 0.6) is 0 Å². The summed E-state index contributed by atoms with van der Waals surface area (Å²) in [5, 5.41) is 7.36. The van der Waals surface area contributed by atoms with Gasteiger partial charge in [-0.1, -0.05) is 6.92 Å². The molecule has 0 fully saturated rings. The molecule has 0 aliphatic heterocycles. The molecule has 1 unspecified atom stereocenters. The van der Waals surface area contributed by atoms with Gasteiger partial charge in [0.1, 0.15) is 0 Å². The predicted octanol–water partition coefficient (Wildman–Crippen LogP) is 1.57. The zero-order valence-electron chi connectivity index (χ0n) is 9.25. The molecule has 0 radical (unpaired) electrons. The van der Waals surface area contributed by atoms with E-state index in [0.29, 0.717) is 18.1 Å². The molecule has 0 aromatic carbocycles. The third-order valence-electron chi connectivity index (χ3n) is 2.07. The van der Waals surface area contributed by atoms with Gasteiger partial charge < -0.3 is 10.6 Å². The van der Waals surface area contributed by atoms with Gasteiger partial charge in [-0.05, 0) is 0 Å². The number of nitrogens with one attached hydrogen (secondary N) is 1. The molecule has 1 heterocycles. The van der Waals surface area contributed by atoms with Gasteiger partial charge in [0, 0.05) is 31.0 Å². The Balaban J connectivity index is 2.74. The minimum absolute atomic E-state index is 0.0163. The van der Waals surface area contributed by atoms with Crippen LogP contribution in [0.4, 0.5) is 18.3 Å². The third kappa shape index (κ3) is 3.55. The van der Waals surface area contributed by atoms with E-state index in [9.17, 15) is 13.2 Å². The second kappa shape index (κ2) is 4.86. The van der Waals surface area contributed by atoms with E-state index in [4.69, 9.17) is 11.1 Å². The van der Waals surface area contributed by atoms with Crippen LogP contribution in [0.25, 0.3) is 0 Å². The highest BCUT2D eigenvalue weighted by molar-refractivity contribution is 7.09. The Morgan fingerprint density at radius 2 is 2.18 bits per heavy atom. The lowest BCUT2D eigenvalue weighted by molar-refractivity contribution is -0.144. The molecular weight excluding hydrogens is 255 g/mol. The van der Waals surface area contributed by atoms with E-state index in [1.54, 1.807) is 14.0 Å². The van der Waals surface area contributed by atoms with Crippen molar-refractivity contribution in [3.63, 3.8) is 0 Å². The first-order valence-electron chi connectivity index (χ1n) is 4.67. The predicted molar refractivity (Wildman–Crippen MR) is 59.3 cm³/mol. The number of aromatic nitrogens is 2. The van der Waals surface area contributed by atoms with Crippen molar-refractivity contribution >= 4 is 22.5 Å². The van der Waals surface area contributed by atoms with Crippen LogP contribution < -0.4 is 10.6 Å². The molecule has 5 nitrogen and oxygen atoms in total. The molecule has 17 heavy (non-hydrogen) atoms. The fourth-order valence-electron chi connectivity index (χ4n) is 1.07. The lowest BCUT2D eigenvalue weighted by Crippen LogP contribution is -2.32. The summed E-state index contributed by atoms with van der Waals surface area (Å²) in [6, 6.07) is 0. The van der Waals surface area contributed by atoms with Crippen LogP contribution in [0.15, 0.2) is 0 Å². The van der Waals surface area contributed by atoms with Crippen molar-refractivity contribution in [2.45, 2.75) is 13.1 Å². The Morgan fingerprint density at radius 3 is 2.59 bits per heavy atom. The van der Waals surface area contributed by atoms with Gasteiger partial charge in [0.25, 0.3) is 0 Å². The van der Waals surface area contributed by atoms with Crippen molar-refractivity contribution in [2.75, 3.05) is 18.5 Å². The molecule has 96 valence electrons. The van der Waals surface area contributed by atoms with Crippen LogP contribution in [-0.4, -0.2) is 28.8 Å². The first-order chi connectivity index (χ1) is 7.71. The summed E-state index contributed by atoms with van der Waals surface area (Å²) in [5.41, 5.74) is 5.28.